The Bertz CT molecular complexity index is 694. The lowest BCUT2D eigenvalue weighted by Crippen LogP contribution is -2.32. The van der Waals surface area contributed by atoms with Gasteiger partial charge < -0.3 is 9.64 Å². The Morgan fingerprint density at radius 2 is 1.69 bits per heavy atom. The minimum absolute atomic E-state index is 0.109. The van der Waals surface area contributed by atoms with Crippen LogP contribution in [0.1, 0.15) is 25.7 Å². The Hall–Kier alpha value is -1.83. The van der Waals surface area contributed by atoms with Crippen LogP contribution in [0.15, 0.2) is 48.8 Å². The highest BCUT2D eigenvalue weighted by Gasteiger charge is 2.28. The van der Waals surface area contributed by atoms with Crippen molar-refractivity contribution in [2.45, 2.75) is 25.7 Å². The van der Waals surface area contributed by atoms with Crippen molar-refractivity contribution in [3.05, 3.63) is 52.4 Å². The summed E-state index contributed by atoms with van der Waals surface area (Å²) in [6.45, 7) is 3.14. The first-order valence-electron chi connectivity index (χ1n) is 9.09. The molecule has 26 heavy (non-hydrogen) atoms. The number of halogens is 1. The maximum absolute atomic E-state index is 12.5. The van der Waals surface area contributed by atoms with Crippen molar-refractivity contribution in [1.29, 1.82) is 0 Å². The summed E-state index contributed by atoms with van der Waals surface area (Å²) >= 11 is 2.29. The minimum Gasteiger partial charge on any atom is -0.494 e. The average Bonchev–Trinajstić information content (AvgIpc) is 3.04. The van der Waals surface area contributed by atoms with Gasteiger partial charge in [0.15, 0.2) is 0 Å². The number of anilines is 1. The van der Waals surface area contributed by atoms with E-state index in [2.05, 4.69) is 39.7 Å². The number of rotatable bonds is 9. The fourth-order valence-corrected chi connectivity index (χ4v) is 3.39. The van der Waals surface area contributed by atoms with Gasteiger partial charge in [-0.15, -0.1) is 0 Å². The van der Waals surface area contributed by atoms with Crippen LogP contribution in [0.5, 0.6) is 5.75 Å². The Labute approximate surface area is 168 Å². The molecule has 0 bridgehead atoms. The number of carbonyl (C=O) groups excluding carboxylic acids is 1. The van der Waals surface area contributed by atoms with Gasteiger partial charge in [0.25, 0.3) is 0 Å². The molecule has 0 atom stereocenters. The quantitative estimate of drug-likeness (QED) is 0.403. The molecular weight excluding hydrogens is 441 g/mol. The van der Waals surface area contributed by atoms with Crippen molar-refractivity contribution in [3.63, 3.8) is 0 Å². The van der Waals surface area contributed by atoms with E-state index in [1.165, 1.54) is 3.57 Å². The van der Waals surface area contributed by atoms with Crippen LogP contribution in [-0.4, -0.2) is 42.2 Å². The van der Waals surface area contributed by atoms with Crippen molar-refractivity contribution in [2.24, 2.45) is 0 Å². The molecule has 1 aliphatic heterocycles. The summed E-state index contributed by atoms with van der Waals surface area (Å²) in [6, 6.07) is 12.0. The van der Waals surface area contributed by atoms with E-state index in [1.54, 1.807) is 12.4 Å². The smallest absolute Gasteiger partial charge is 0.324 e. The number of unbranched alkanes of at least 4 members (excludes halogenated alkanes) is 3. The molecule has 0 spiro atoms. The monoisotopic (exact) mass is 465 g/mol. The number of carbonyl (C=O) groups is 1. The summed E-state index contributed by atoms with van der Waals surface area (Å²) in [5, 5.41) is 0. The molecule has 1 fully saturated rings. The van der Waals surface area contributed by atoms with Gasteiger partial charge in [-0.25, -0.2) is 4.79 Å². The number of amides is 2. The summed E-state index contributed by atoms with van der Waals surface area (Å²) in [4.78, 5) is 20.2. The lowest BCUT2D eigenvalue weighted by molar-refractivity contribution is 0.219. The fourth-order valence-electron chi connectivity index (χ4n) is 3.03. The molecule has 1 aromatic carbocycles. The van der Waals surface area contributed by atoms with Crippen LogP contribution in [0.3, 0.4) is 0 Å². The number of hydrogen-bond acceptors (Lipinski definition) is 3. The molecule has 0 saturated carbocycles. The van der Waals surface area contributed by atoms with E-state index in [-0.39, 0.29) is 6.03 Å². The van der Waals surface area contributed by atoms with E-state index in [0.717, 1.165) is 63.4 Å². The van der Waals surface area contributed by atoms with Gasteiger partial charge >= 0.3 is 6.03 Å². The molecule has 2 heterocycles. The molecule has 2 aromatic rings. The van der Waals surface area contributed by atoms with Crippen molar-refractivity contribution in [3.8, 4) is 5.75 Å². The van der Waals surface area contributed by atoms with Crippen LogP contribution >= 0.6 is 22.6 Å². The number of pyridine rings is 1. The summed E-state index contributed by atoms with van der Waals surface area (Å²) < 4.78 is 6.96. The normalized spacial score (nSPS) is 14.1. The number of nitrogens with zero attached hydrogens (tertiary/aromatic N) is 3. The second kappa shape index (κ2) is 9.75. The zero-order chi connectivity index (χ0) is 18.2. The van der Waals surface area contributed by atoms with Crippen LogP contribution in [0.4, 0.5) is 10.5 Å². The lowest BCUT2D eigenvalue weighted by atomic mass is 10.2. The average molecular weight is 465 g/mol. The number of hydrogen-bond donors (Lipinski definition) is 0. The topological polar surface area (TPSA) is 45.7 Å². The third-order valence-electron chi connectivity index (χ3n) is 4.47. The summed E-state index contributed by atoms with van der Waals surface area (Å²) in [6.07, 6.45) is 7.78. The van der Waals surface area contributed by atoms with Crippen LogP contribution in [0.25, 0.3) is 0 Å². The zero-order valence-electron chi connectivity index (χ0n) is 14.8. The lowest BCUT2D eigenvalue weighted by Gasteiger charge is -2.18. The summed E-state index contributed by atoms with van der Waals surface area (Å²) in [5.74, 6) is 0.935. The van der Waals surface area contributed by atoms with Gasteiger partial charge in [0.2, 0.25) is 0 Å². The van der Waals surface area contributed by atoms with E-state index in [0.29, 0.717) is 0 Å². The van der Waals surface area contributed by atoms with Crippen LogP contribution in [0.2, 0.25) is 0 Å². The van der Waals surface area contributed by atoms with Gasteiger partial charge in [0.05, 0.1) is 6.61 Å². The van der Waals surface area contributed by atoms with E-state index in [9.17, 15) is 4.79 Å². The molecule has 0 N–H and O–H groups in total. The molecule has 1 saturated heterocycles. The second-order valence-electron chi connectivity index (χ2n) is 6.34. The van der Waals surface area contributed by atoms with Crippen molar-refractivity contribution < 1.29 is 9.53 Å². The minimum atomic E-state index is 0.109. The Morgan fingerprint density at radius 3 is 2.46 bits per heavy atom. The molecule has 2 amide bonds. The largest absolute Gasteiger partial charge is 0.494 e. The molecule has 3 rings (SSSR count). The molecule has 1 aromatic heterocycles. The number of urea groups is 1. The standard InChI is InChI=1S/C20H24IN3O2/c21-17-5-7-19(8-6-17)26-16-4-2-1-3-13-23-14-15-24(20(23)25)18-9-11-22-12-10-18/h5-12H,1-4,13-16H2. The number of ether oxygens (including phenoxy) is 1. The molecule has 5 nitrogen and oxygen atoms in total. The molecule has 0 aliphatic carbocycles. The fraction of sp³-hybridized carbons (Fsp3) is 0.400. The van der Waals surface area contributed by atoms with Gasteiger partial charge in [-0.05, 0) is 71.8 Å². The third kappa shape index (κ3) is 5.33. The van der Waals surface area contributed by atoms with Crippen LogP contribution in [0, 0.1) is 3.57 Å². The SMILES string of the molecule is O=C1N(CCCCCCOc2ccc(I)cc2)CCN1c1ccncc1. The summed E-state index contributed by atoms with van der Waals surface area (Å²) in [5.41, 5.74) is 0.931. The molecule has 1 aliphatic rings. The van der Waals surface area contributed by atoms with Crippen LogP contribution < -0.4 is 9.64 Å². The Balaban J connectivity index is 1.28. The second-order valence-corrected chi connectivity index (χ2v) is 7.59. The predicted molar refractivity (Wildman–Crippen MR) is 112 cm³/mol. The number of benzene rings is 1. The van der Waals surface area contributed by atoms with Gasteiger partial charge in [-0.2, -0.15) is 0 Å². The van der Waals surface area contributed by atoms with Crippen molar-refractivity contribution in [2.75, 3.05) is 31.1 Å². The Kier molecular flexibility index (Phi) is 7.11. The first kappa shape index (κ1) is 18.9. The maximum Gasteiger partial charge on any atom is 0.324 e. The highest BCUT2D eigenvalue weighted by Crippen LogP contribution is 2.19. The Morgan fingerprint density at radius 1 is 0.962 bits per heavy atom. The van der Waals surface area contributed by atoms with Crippen LogP contribution in [-0.2, 0) is 0 Å². The highest BCUT2D eigenvalue weighted by molar-refractivity contribution is 14.1. The van der Waals surface area contributed by atoms with Gasteiger partial charge in [0, 0.05) is 41.3 Å². The van der Waals surface area contributed by atoms with E-state index < -0.39 is 0 Å². The van der Waals surface area contributed by atoms with E-state index >= 15 is 0 Å². The van der Waals surface area contributed by atoms with Crippen molar-refractivity contribution in [1.82, 2.24) is 9.88 Å². The molecular formula is C20H24IN3O2. The zero-order valence-corrected chi connectivity index (χ0v) is 17.0. The van der Waals surface area contributed by atoms with Crippen molar-refractivity contribution >= 4 is 34.3 Å². The van der Waals surface area contributed by atoms with Gasteiger partial charge in [-0.1, -0.05) is 12.8 Å². The third-order valence-corrected chi connectivity index (χ3v) is 5.19. The molecule has 6 heteroatoms. The molecule has 138 valence electrons. The first-order valence-corrected chi connectivity index (χ1v) is 10.2. The first-order chi connectivity index (χ1) is 12.7. The number of aromatic nitrogens is 1. The molecule has 0 unspecified atom stereocenters. The van der Waals surface area contributed by atoms with Gasteiger partial charge in [0.1, 0.15) is 5.75 Å². The molecule has 0 radical (unpaired) electrons. The van der Waals surface area contributed by atoms with E-state index in [1.807, 2.05) is 34.1 Å². The highest BCUT2D eigenvalue weighted by atomic mass is 127. The predicted octanol–water partition coefficient (Wildman–Crippen LogP) is 4.57. The maximum atomic E-state index is 12.5. The van der Waals surface area contributed by atoms with E-state index in [4.69, 9.17) is 4.74 Å². The summed E-state index contributed by atoms with van der Waals surface area (Å²) in [7, 11) is 0. The van der Waals surface area contributed by atoms with Gasteiger partial charge in [-0.3, -0.25) is 9.88 Å².